The van der Waals surface area contributed by atoms with Gasteiger partial charge in [0.05, 0.1) is 21.9 Å². The summed E-state index contributed by atoms with van der Waals surface area (Å²) in [5.74, 6) is -0.318. The molecule has 0 N–H and O–H groups in total. The maximum Gasteiger partial charge on any atom is 1.00 e. The molecule has 0 bridgehead atoms. The first-order valence-corrected chi connectivity index (χ1v) is 9.53. The smallest absolute Gasteiger partial charge is 0.744 e. The molecule has 1 amide bonds. The third-order valence-electron chi connectivity index (χ3n) is 4.15. The Kier molecular flexibility index (Phi) is 7.37. The van der Waals surface area contributed by atoms with E-state index in [0.29, 0.717) is 17.0 Å². The van der Waals surface area contributed by atoms with Crippen LogP contribution in [-0.4, -0.2) is 38.7 Å². The molecular weight excluding hydrogens is 405 g/mol. The summed E-state index contributed by atoms with van der Waals surface area (Å²) in [6.07, 6.45) is 1.76. The van der Waals surface area contributed by atoms with E-state index in [2.05, 4.69) is 5.10 Å². The van der Waals surface area contributed by atoms with Gasteiger partial charge in [-0.3, -0.25) is 4.79 Å². The van der Waals surface area contributed by atoms with Crippen molar-refractivity contribution in [3.05, 3.63) is 59.7 Å². The zero-order valence-corrected chi connectivity index (χ0v) is 20.0. The first-order chi connectivity index (χ1) is 12.7. The molecule has 7 nitrogen and oxygen atoms in total. The molecule has 0 unspecified atom stereocenters. The van der Waals surface area contributed by atoms with Gasteiger partial charge in [-0.2, -0.15) is 10.1 Å². The van der Waals surface area contributed by atoms with Crippen molar-refractivity contribution in [1.29, 1.82) is 0 Å². The van der Waals surface area contributed by atoms with E-state index < -0.39 is 10.1 Å². The van der Waals surface area contributed by atoms with Crippen LogP contribution in [0, 0.1) is 0 Å². The number of carbonyl (C=O) groups is 1. The van der Waals surface area contributed by atoms with Gasteiger partial charge in [0.2, 0.25) is 0 Å². The number of rotatable bonds is 4. The number of nitrogens with zero attached hydrogens (tertiary/aromatic N) is 3. The van der Waals surface area contributed by atoms with E-state index in [-0.39, 0.29) is 62.2 Å². The molecule has 0 spiro atoms. The number of carbonyl (C=O) groups excluding carboxylic acids is 1. The van der Waals surface area contributed by atoms with Gasteiger partial charge < -0.3 is 9.45 Å². The first-order valence-electron chi connectivity index (χ1n) is 8.12. The minimum atomic E-state index is -4.53. The Balaban J connectivity index is 0.00000280. The Morgan fingerprint density at radius 3 is 2.11 bits per heavy atom. The summed E-state index contributed by atoms with van der Waals surface area (Å²) in [4.78, 5) is 14.4. The summed E-state index contributed by atoms with van der Waals surface area (Å²) >= 11 is 0. The van der Waals surface area contributed by atoms with Crippen molar-refractivity contribution in [3.8, 4) is 0 Å². The average molecular weight is 424 g/mol. The average Bonchev–Trinajstić information content (AvgIpc) is 2.90. The fourth-order valence-electron chi connectivity index (χ4n) is 2.65. The van der Waals surface area contributed by atoms with Gasteiger partial charge in [0.25, 0.3) is 5.91 Å². The molecule has 3 rings (SSSR count). The van der Waals surface area contributed by atoms with E-state index in [1.54, 1.807) is 13.0 Å². The molecule has 1 aliphatic rings. The molecule has 0 radical (unpaired) electrons. The summed E-state index contributed by atoms with van der Waals surface area (Å²) in [5.41, 5.74) is 3.31. The van der Waals surface area contributed by atoms with Crippen LogP contribution in [0.3, 0.4) is 0 Å². The van der Waals surface area contributed by atoms with Gasteiger partial charge >= 0.3 is 51.4 Å². The predicted molar refractivity (Wildman–Crippen MR) is 104 cm³/mol. The van der Waals surface area contributed by atoms with Crippen molar-refractivity contribution >= 4 is 39.2 Å². The van der Waals surface area contributed by atoms with Crippen LogP contribution in [0.4, 0.5) is 11.4 Å². The Bertz CT molecular complexity index is 1040. The third-order valence-corrected chi connectivity index (χ3v) is 5.00. The molecule has 140 valence electrons. The van der Waals surface area contributed by atoms with Gasteiger partial charge in [0.15, 0.2) is 0 Å². The molecule has 0 saturated carbocycles. The summed E-state index contributed by atoms with van der Waals surface area (Å²) in [5, 5.41) is 5.44. The summed E-state index contributed by atoms with van der Waals surface area (Å²) in [6.45, 7) is 1.73. The van der Waals surface area contributed by atoms with Crippen LogP contribution in [0.1, 0.15) is 12.5 Å². The molecule has 1 heterocycles. The molecular formula is C19H18KN3O4S. The Labute approximate surface area is 206 Å². The van der Waals surface area contributed by atoms with Gasteiger partial charge in [0.1, 0.15) is 10.1 Å². The quantitative estimate of drug-likeness (QED) is 0.374. The van der Waals surface area contributed by atoms with Crippen LogP contribution in [0.25, 0.3) is 6.08 Å². The van der Waals surface area contributed by atoms with Crippen molar-refractivity contribution in [2.75, 3.05) is 24.0 Å². The monoisotopic (exact) mass is 423 g/mol. The second-order valence-corrected chi connectivity index (χ2v) is 7.67. The molecule has 2 aromatic carbocycles. The largest absolute Gasteiger partial charge is 1.00 e. The van der Waals surface area contributed by atoms with Crippen LogP contribution in [0.2, 0.25) is 0 Å². The van der Waals surface area contributed by atoms with Crippen LogP contribution in [0.15, 0.2) is 64.1 Å². The second kappa shape index (κ2) is 9.00. The van der Waals surface area contributed by atoms with Crippen molar-refractivity contribution in [1.82, 2.24) is 0 Å². The fraction of sp³-hybridized carbons (Fsp3) is 0.158. The van der Waals surface area contributed by atoms with Crippen molar-refractivity contribution < 1.29 is 69.1 Å². The van der Waals surface area contributed by atoms with E-state index in [1.165, 1.54) is 17.1 Å². The predicted octanol–water partition coefficient (Wildman–Crippen LogP) is -0.533. The van der Waals surface area contributed by atoms with E-state index in [9.17, 15) is 17.8 Å². The topological polar surface area (TPSA) is 93.1 Å². The first kappa shape index (κ1) is 23.0. The molecule has 0 fully saturated rings. The van der Waals surface area contributed by atoms with Crippen LogP contribution >= 0.6 is 0 Å². The van der Waals surface area contributed by atoms with Crippen LogP contribution in [0.5, 0.6) is 0 Å². The molecule has 0 atom stereocenters. The Hall–Kier alpha value is -1.33. The zero-order chi connectivity index (χ0) is 19.8. The molecule has 0 saturated heterocycles. The number of anilines is 2. The normalized spacial score (nSPS) is 15.4. The SMILES string of the molecule is CC1=NN(c2ccc(S(=O)(=O)[O-])cc2)C(=O)/C1=C/c1ccc(N(C)C)cc1.[K+]. The molecule has 9 heteroatoms. The number of hydrogen-bond donors (Lipinski definition) is 0. The number of benzene rings is 2. The van der Waals surface area contributed by atoms with Crippen molar-refractivity contribution in [2.24, 2.45) is 5.10 Å². The minimum Gasteiger partial charge on any atom is -0.744 e. The van der Waals surface area contributed by atoms with E-state index in [4.69, 9.17) is 0 Å². The van der Waals surface area contributed by atoms with Crippen molar-refractivity contribution in [3.63, 3.8) is 0 Å². The minimum absolute atomic E-state index is 0. The summed E-state index contributed by atoms with van der Waals surface area (Å²) < 4.78 is 33.1. The maximum atomic E-state index is 12.7. The third kappa shape index (κ3) is 4.98. The number of hydrogen-bond acceptors (Lipinski definition) is 6. The molecule has 1 aliphatic heterocycles. The molecule has 28 heavy (non-hydrogen) atoms. The molecule has 2 aromatic rings. The fourth-order valence-corrected chi connectivity index (χ4v) is 3.12. The second-order valence-electron chi connectivity index (χ2n) is 6.29. The summed E-state index contributed by atoms with van der Waals surface area (Å²) in [6, 6.07) is 12.8. The number of amides is 1. The van der Waals surface area contributed by atoms with Gasteiger partial charge in [0, 0.05) is 19.8 Å². The Morgan fingerprint density at radius 2 is 1.61 bits per heavy atom. The maximum absolute atomic E-state index is 12.7. The van der Waals surface area contributed by atoms with Crippen LogP contribution < -0.4 is 61.3 Å². The Morgan fingerprint density at radius 1 is 1.04 bits per heavy atom. The molecule has 0 aromatic heterocycles. The van der Waals surface area contributed by atoms with E-state index in [1.807, 2.05) is 43.3 Å². The number of hydrazone groups is 1. The zero-order valence-electron chi connectivity index (χ0n) is 16.1. The van der Waals surface area contributed by atoms with Gasteiger partial charge in [-0.05, 0) is 55.0 Å². The molecule has 0 aliphatic carbocycles. The summed E-state index contributed by atoms with van der Waals surface area (Å²) in [7, 11) is -0.632. The standard InChI is InChI=1S/C19H19N3O4S.K/c1-13-18(12-14-4-6-15(7-5-14)21(2)3)19(23)22(20-13)16-8-10-17(11-9-16)27(24,25)26;/h4-12H,1-3H3,(H,24,25,26);/q;+1/p-1/b18-12+;. The van der Waals surface area contributed by atoms with Gasteiger partial charge in [-0.25, -0.2) is 8.42 Å². The van der Waals surface area contributed by atoms with Crippen LogP contribution in [-0.2, 0) is 14.9 Å². The van der Waals surface area contributed by atoms with Gasteiger partial charge in [-0.15, -0.1) is 0 Å². The van der Waals surface area contributed by atoms with Gasteiger partial charge in [-0.1, -0.05) is 12.1 Å². The van der Waals surface area contributed by atoms with Crippen molar-refractivity contribution in [2.45, 2.75) is 11.8 Å². The van der Waals surface area contributed by atoms with E-state index >= 15 is 0 Å². The van der Waals surface area contributed by atoms with E-state index in [0.717, 1.165) is 23.4 Å².